The summed E-state index contributed by atoms with van der Waals surface area (Å²) >= 11 is 0. The van der Waals surface area contributed by atoms with Crippen LogP contribution in [0.15, 0.2) is 30.3 Å². The first-order valence-electron chi connectivity index (χ1n) is 7.14. The number of nitrogens with one attached hydrogen (secondary N) is 1. The molecule has 0 bridgehead atoms. The highest BCUT2D eigenvalue weighted by Crippen LogP contribution is 2.45. The lowest BCUT2D eigenvalue weighted by Crippen LogP contribution is -2.35. The number of esters is 1. The Balaban J connectivity index is 2.83. The number of carbonyl (C=O) groups is 1. The van der Waals surface area contributed by atoms with Crippen LogP contribution in [0.25, 0.3) is 0 Å². The van der Waals surface area contributed by atoms with Crippen molar-refractivity contribution in [2.75, 3.05) is 12.8 Å². The third kappa shape index (κ3) is 6.32. The largest absolute Gasteiger partial charge is 0.465 e. The van der Waals surface area contributed by atoms with Gasteiger partial charge in [-0.3, -0.25) is 9.36 Å². The van der Waals surface area contributed by atoms with Crippen molar-refractivity contribution in [2.24, 2.45) is 5.92 Å². The summed E-state index contributed by atoms with van der Waals surface area (Å²) in [6, 6.07) is 8.27. The number of carbonyl (C=O) groups excluding carboxylic acids is 1. The first-order valence-corrected chi connectivity index (χ1v) is 8.95. The summed E-state index contributed by atoms with van der Waals surface area (Å²) in [6.07, 6.45) is 0.339. The molecule has 1 N–H and O–H groups in total. The van der Waals surface area contributed by atoms with E-state index in [1.165, 1.54) is 0 Å². The Hall–Kier alpha value is -1.32. The number of hydrogen-bond acceptors (Lipinski definition) is 4. The quantitative estimate of drug-likeness (QED) is 0.588. The van der Waals surface area contributed by atoms with Gasteiger partial charge >= 0.3 is 13.5 Å². The summed E-state index contributed by atoms with van der Waals surface area (Å²) < 4.78 is 23.5. The lowest BCUT2D eigenvalue weighted by Gasteiger charge is -2.24. The molecule has 2 atom stereocenters. The SMILES string of the molecule is CCOC(=O)[C@@H](C)N[P@](=O)(CC(C)C)Oc1ccccc1. The third-order valence-corrected chi connectivity index (χ3v) is 5.13. The van der Waals surface area contributed by atoms with E-state index in [1.807, 2.05) is 32.0 Å². The summed E-state index contributed by atoms with van der Waals surface area (Å²) in [5.41, 5.74) is 0. The van der Waals surface area contributed by atoms with Crippen LogP contribution in [-0.2, 0) is 14.1 Å². The van der Waals surface area contributed by atoms with Crippen molar-refractivity contribution in [2.45, 2.75) is 33.7 Å². The number of rotatable bonds is 8. The van der Waals surface area contributed by atoms with Gasteiger partial charge in [0.25, 0.3) is 0 Å². The second-order valence-corrected chi connectivity index (χ2v) is 7.41. The molecular weight excluding hydrogens is 289 g/mol. The Morgan fingerprint density at radius 3 is 2.38 bits per heavy atom. The van der Waals surface area contributed by atoms with E-state index in [9.17, 15) is 9.36 Å². The van der Waals surface area contributed by atoms with Crippen LogP contribution in [0.2, 0.25) is 0 Å². The molecular formula is C15H24NO4P. The summed E-state index contributed by atoms with van der Waals surface area (Å²) in [4.78, 5) is 11.7. The predicted molar refractivity (Wildman–Crippen MR) is 83.6 cm³/mol. The van der Waals surface area contributed by atoms with E-state index in [0.717, 1.165) is 0 Å². The van der Waals surface area contributed by atoms with Crippen molar-refractivity contribution in [3.63, 3.8) is 0 Å². The monoisotopic (exact) mass is 313 g/mol. The van der Waals surface area contributed by atoms with Gasteiger partial charge < -0.3 is 9.26 Å². The molecule has 5 nitrogen and oxygen atoms in total. The summed E-state index contributed by atoms with van der Waals surface area (Å²) in [5.74, 6) is 0.254. The zero-order valence-corrected chi connectivity index (χ0v) is 13.9. The van der Waals surface area contributed by atoms with E-state index in [0.29, 0.717) is 18.5 Å². The molecule has 0 saturated heterocycles. The molecule has 0 amide bonds. The fraction of sp³-hybridized carbons (Fsp3) is 0.533. The molecule has 0 aliphatic rings. The maximum Gasteiger partial charge on any atom is 0.323 e. The van der Waals surface area contributed by atoms with Gasteiger partial charge in [0.15, 0.2) is 0 Å². The maximum absolute atomic E-state index is 13.0. The molecule has 1 aromatic rings. The minimum absolute atomic E-state index is 0.168. The van der Waals surface area contributed by atoms with Gasteiger partial charge in [-0.05, 0) is 31.9 Å². The number of hydrogen-bond donors (Lipinski definition) is 1. The van der Waals surface area contributed by atoms with Gasteiger partial charge in [0, 0.05) is 0 Å². The highest BCUT2D eigenvalue weighted by atomic mass is 31.2. The minimum Gasteiger partial charge on any atom is -0.465 e. The summed E-state index contributed by atoms with van der Waals surface area (Å²) in [6.45, 7) is 7.56. The predicted octanol–water partition coefficient (Wildman–Crippen LogP) is 3.46. The van der Waals surface area contributed by atoms with Gasteiger partial charge in [-0.25, -0.2) is 5.09 Å². The van der Waals surface area contributed by atoms with Gasteiger partial charge in [-0.1, -0.05) is 32.0 Å². The Labute approximate surface area is 126 Å². The smallest absolute Gasteiger partial charge is 0.323 e. The molecule has 0 fully saturated rings. The van der Waals surface area contributed by atoms with Crippen LogP contribution in [0.3, 0.4) is 0 Å². The van der Waals surface area contributed by atoms with Crippen LogP contribution in [0.5, 0.6) is 5.75 Å². The van der Waals surface area contributed by atoms with Crippen LogP contribution in [0.1, 0.15) is 27.7 Å². The molecule has 1 rings (SSSR count). The van der Waals surface area contributed by atoms with E-state index in [1.54, 1.807) is 26.0 Å². The number of ether oxygens (including phenoxy) is 1. The molecule has 6 heteroatoms. The van der Waals surface area contributed by atoms with Crippen molar-refractivity contribution >= 4 is 13.5 Å². The second kappa shape index (κ2) is 8.20. The Morgan fingerprint density at radius 1 is 1.24 bits per heavy atom. The zero-order chi connectivity index (χ0) is 15.9. The molecule has 21 heavy (non-hydrogen) atoms. The molecule has 1 aromatic carbocycles. The minimum atomic E-state index is -3.18. The van der Waals surface area contributed by atoms with Crippen molar-refractivity contribution < 1.29 is 18.6 Å². The molecule has 0 aliphatic carbocycles. The van der Waals surface area contributed by atoms with Crippen molar-refractivity contribution in [1.29, 1.82) is 0 Å². The Kier molecular flexibility index (Phi) is 6.93. The molecule has 0 unspecified atom stereocenters. The van der Waals surface area contributed by atoms with E-state index < -0.39 is 19.5 Å². The molecule has 0 spiro atoms. The van der Waals surface area contributed by atoms with Crippen molar-refractivity contribution in [1.82, 2.24) is 5.09 Å². The van der Waals surface area contributed by atoms with E-state index in [2.05, 4.69) is 5.09 Å². The van der Waals surface area contributed by atoms with Crippen LogP contribution in [-0.4, -0.2) is 24.8 Å². The highest BCUT2D eigenvalue weighted by Gasteiger charge is 2.31. The number of para-hydroxylation sites is 1. The maximum atomic E-state index is 13.0. The fourth-order valence-electron chi connectivity index (χ4n) is 1.86. The Bertz CT molecular complexity index is 490. The van der Waals surface area contributed by atoms with Crippen molar-refractivity contribution in [3.8, 4) is 5.75 Å². The summed E-state index contributed by atoms with van der Waals surface area (Å²) in [5, 5.41) is 2.82. The molecule has 0 heterocycles. The molecule has 0 aromatic heterocycles. The van der Waals surface area contributed by atoms with Gasteiger partial charge in [0.05, 0.1) is 12.8 Å². The van der Waals surface area contributed by atoms with Crippen LogP contribution in [0, 0.1) is 5.92 Å². The average molecular weight is 313 g/mol. The standard InChI is InChI=1S/C15H24NO4P/c1-5-19-15(17)13(4)16-21(18,11-12(2)3)20-14-9-7-6-8-10-14/h6-10,12-13H,5,11H2,1-4H3,(H,16,18)/t13-,21+/m1/s1. The first kappa shape index (κ1) is 17.7. The summed E-state index contributed by atoms with van der Waals surface area (Å²) in [7, 11) is -3.18. The topological polar surface area (TPSA) is 64.6 Å². The third-order valence-electron chi connectivity index (χ3n) is 2.63. The van der Waals surface area contributed by atoms with Gasteiger partial charge in [-0.15, -0.1) is 0 Å². The molecule has 0 radical (unpaired) electrons. The van der Waals surface area contributed by atoms with Gasteiger partial charge in [-0.2, -0.15) is 0 Å². The number of benzene rings is 1. The highest BCUT2D eigenvalue weighted by molar-refractivity contribution is 7.57. The molecule has 0 saturated carbocycles. The fourth-order valence-corrected chi connectivity index (χ4v) is 4.22. The van der Waals surface area contributed by atoms with Gasteiger partial charge in [0.1, 0.15) is 11.8 Å². The average Bonchev–Trinajstić information content (AvgIpc) is 2.38. The first-order chi connectivity index (χ1) is 9.86. The van der Waals surface area contributed by atoms with Crippen LogP contribution < -0.4 is 9.61 Å². The molecule has 0 aliphatic heterocycles. The van der Waals surface area contributed by atoms with Crippen LogP contribution in [0.4, 0.5) is 0 Å². The lowest BCUT2D eigenvalue weighted by atomic mass is 10.3. The zero-order valence-electron chi connectivity index (χ0n) is 13.0. The van der Waals surface area contributed by atoms with Crippen LogP contribution >= 0.6 is 7.52 Å². The lowest BCUT2D eigenvalue weighted by molar-refractivity contribution is -0.144. The Morgan fingerprint density at radius 2 is 1.86 bits per heavy atom. The van der Waals surface area contributed by atoms with E-state index in [4.69, 9.17) is 9.26 Å². The van der Waals surface area contributed by atoms with E-state index in [-0.39, 0.29) is 5.92 Å². The molecule has 118 valence electrons. The van der Waals surface area contributed by atoms with E-state index >= 15 is 0 Å². The second-order valence-electron chi connectivity index (χ2n) is 5.26. The van der Waals surface area contributed by atoms with Crippen molar-refractivity contribution in [3.05, 3.63) is 30.3 Å². The normalized spacial score (nSPS) is 15.3. The van der Waals surface area contributed by atoms with Gasteiger partial charge in [0.2, 0.25) is 0 Å².